The smallest absolute Gasteiger partial charge is 0.317 e. The molecule has 19 heavy (non-hydrogen) atoms. The lowest BCUT2D eigenvalue weighted by atomic mass is 9.48. The number of allylic oxidation sites excluding steroid dienone is 1. The van der Waals surface area contributed by atoms with Crippen LogP contribution in [0.5, 0.6) is 0 Å². The molecule has 2 aliphatic rings. The average Bonchev–Trinajstić information content (AvgIpc) is 2.63. The van der Waals surface area contributed by atoms with E-state index in [1.54, 1.807) is 0 Å². The van der Waals surface area contributed by atoms with Crippen LogP contribution in [0.4, 0.5) is 0 Å². The van der Waals surface area contributed by atoms with Crippen molar-refractivity contribution in [2.24, 2.45) is 16.7 Å². The van der Waals surface area contributed by atoms with Gasteiger partial charge in [-0.05, 0) is 42.9 Å². The Balaban J connectivity index is 1.95. The van der Waals surface area contributed by atoms with Gasteiger partial charge in [0.05, 0.1) is 12.3 Å². The van der Waals surface area contributed by atoms with E-state index in [-0.39, 0.29) is 18.3 Å². The van der Waals surface area contributed by atoms with Crippen LogP contribution in [-0.4, -0.2) is 11.9 Å². The molecular formula is C16H24O3. The molecule has 1 aliphatic carbocycles. The lowest BCUT2D eigenvalue weighted by Crippen LogP contribution is -2.47. The molecule has 1 saturated carbocycles. The summed E-state index contributed by atoms with van der Waals surface area (Å²) in [6, 6.07) is 0. The molecule has 2 atom stereocenters. The second-order valence-electron chi connectivity index (χ2n) is 6.84. The van der Waals surface area contributed by atoms with Crippen LogP contribution in [0.1, 0.15) is 59.3 Å². The molecule has 0 N–H and O–H groups in total. The van der Waals surface area contributed by atoms with Gasteiger partial charge in [0.25, 0.3) is 0 Å². The topological polar surface area (TPSA) is 43.4 Å². The van der Waals surface area contributed by atoms with Crippen molar-refractivity contribution in [1.82, 2.24) is 0 Å². The zero-order chi connectivity index (χ0) is 14.3. The van der Waals surface area contributed by atoms with E-state index >= 15 is 0 Å². The summed E-state index contributed by atoms with van der Waals surface area (Å²) in [4.78, 5) is 22.6. The van der Waals surface area contributed by atoms with E-state index in [0.29, 0.717) is 17.3 Å². The summed E-state index contributed by atoms with van der Waals surface area (Å²) in [5, 5.41) is 0. The van der Waals surface area contributed by atoms with E-state index in [4.69, 9.17) is 0 Å². The van der Waals surface area contributed by atoms with Gasteiger partial charge in [0.1, 0.15) is 0 Å². The third kappa shape index (κ3) is 2.47. The third-order valence-electron chi connectivity index (χ3n) is 5.43. The van der Waals surface area contributed by atoms with Gasteiger partial charge in [-0.2, -0.15) is 0 Å². The minimum absolute atomic E-state index is 0.223. The van der Waals surface area contributed by atoms with Gasteiger partial charge in [-0.3, -0.25) is 9.59 Å². The number of carbonyl (C=O) groups excluding carboxylic acids is 2. The number of carbonyl (C=O) groups is 2. The summed E-state index contributed by atoms with van der Waals surface area (Å²) in [5.74, 6) is -1.06. The van der Waals surface area contributed by atoms with E-state index in [2.05, 4.69) is 32.1 Å². The molecule has 3 heteroatoms. The highest BCUT2D eigenvalue weighted by molar-refractivity contribution is 5.94. The zero-order valence-electron chi connectivity index (χ0n) is 12.3. The highest BCUT2D eigenvalue weighted by atomic mass is 16.6. The van der Waals surface area contributed by atoms with Crippen molar-refractivity contribution < 1.29 is 14.3 Å². The van der Waals surface area contributed by atoms with E-state index in [0.717, 1.165) is 18.4 Å². The van der Waals surface area contributed by atoms with Crippen molar-refractivity contribution in [3.63, 3.8) is 0 Å². The second-order valence-corrected chi connectivity index (χ2v) is 6.84. The Hall–Kier alpha value is -1.12. The van der Waals surface area contributed by atoms with Gasteiger partial charge >= 0.3 is 11.9 Å². The van der Waals surface area contributed by atoms with Crippen LogP contribution in [0, 0.1) is 16.7 Å². The molecule has 106 valence electrons. The Labute approximate surface area is 115 Å². The lowest BCUT2D eigenvalue weighted by molar-refractivity contribution is -0.153. The van der Waals surface area contributed by atoms with Gasteiger partial charge in [-0.15, -0.1) is 0 Å². The Morgan fingerprint density at radius 1 is 1.37 bits per heavy atom. The molecule has 0 radical (unpaired) electrons. The standard InChI is InChI=1S/C16H24O3/c1-5-16(7-6-15(16,3)4)10-11(2)8-12-9-13(17)19-14(12)18/h12H,2,5-10H2,1,3-4H3. The van der Waals surface area contributed by atoms with Gasteiger partial charge in [0.2, 0.25) is 0 Å². The largest absolute Gasteiger partial charge is 0.393 e. The highest BCUT2D eigenvalue weighted by Crippen LogP contribution is 2.61. The molecule has 0 amide bonds. The predicted molar refractivity (Wildman–Crippen MR) is 73.3 cm³/mol. The summed E-state index contributed by atoms with van der Waals surface area (Å²) in [5.41, 5.74) is 1.78. The van der Waals surface area contributed by atoms with Crippen molar-refractivity contribution in [2.75, 3.05) is 0 Å². The van der Waals surface area contributed by atoms with Crippen molar-refractivity contribution in [2.45, 2.75) is 59.3 Å². The van der Waals surface area contributed by atoms with E-state index < -0.39 is 5.97 Å². The molecule has 0 aromatic heterocycles. The molecular weight excluding hydrogens is 240 g/mol. The summed E-state index contributed by atoms with van der Waals surface area (Å²) in [7, 11) is 0. The lowest BCUT2D eigenvalue weighted by Gasteiger charge is -2.57. The number of esters is 2. The first-order valence-corrected chi connectivity index (χ1v) is 7.21. The zero-order valence-corrected chi connectivity index (χ0v) is 12.3. The Morgan fingerprint density at radius 3 is 2.42 bits per heavy atom. The van der Waals surface area contributed by atoms with Crippen molar-refractivity contribution in [1.29, 1.82) is 0 Å². The molecule has 1 saturated heterocycles. The van der Waals surface area contributed by atoms with Gasteiger partial charge in [0.15, 0.2) is 0 Å². The summed E-state index contributed by atoms with van der Waals surface area (Å²) < 4.78 is 4.59. The molecule has 0 aromatic carbocycles. The average molecular weight is 264 g/mol. The van der Waals surface area contributed by atoms with E-state index in [1.165, 1.54) is 12.8 Å². The van der Waals surface area contributed by atoms with Crippen molar-refractivity contribution >= 4 is 11.9 Å². The molecule has 1 heterocycles. The first-order valence-electron chi connectivity index (χ1n) is 7.21. The van der Waals surface area contributed by atoms with Crippen LogP contribution in [0.3, 0.4) is 0 Å². The van der Waals surface area contributed by atoms with E-state index in [1.807, 2.05) is 0 Å². The Bertz CT molecular complexity index is 418. The van der Waals surface area contributed by atoms with Crippen LogP contribution in [-0.2, 0) is 14.3 Å². The molecule has 2 unspecified atom stereocenters. The predicted octanol–water partition coefficient (Wildman–Crippen LogP) is 3.63. The van der Waals surface area contributed by atoms with Gasteiger partial charge in [0, 0.05) is 0 Å². The second kappa shape index (κ2) is 4.77. The number of hydrogen-bond donors (Lipinski definition) is 0. The normalized spacial score (nSPS) is 32.9. The van der Waals surface area contributed by atoms with Crippen molar-refractivity contribution in [3.05, 3.63) is 12.2 Å². The number of hydrogen-bond acceptors (Lipinski definition) is 3. The summed E-state index contributed by atoms with van der Waals surface area (Å²) in [6.07, 6.45) is 5.44. The first kappa shape index (κ1) is 14.3. The van der Waals surface area contributed by atoms with Crippen molar-refractivity contribution in [3.8, 4) is 0 Å². The minimum Gasteiger partial charge on any atom is -0.393 e. The molecule has 0 bridgehead atoms. The van der Waals surface area contributed by atoms with Gasteiger partial charge in [-0.25, -0.2) is 0 Å². The maximum absolute atomic E-state index is 11.5. The number of rotatable bonds is 5. The highest BCUT2D eigenvalue weighted by Gasteiger charge is 2.51. The molecule has 2 rings (SSSR count). The molecule has 2 fully saturated rings. The first-order chi connectivity index (χ1) is 8.79. The fraction of sp³-hybridized carbons (Fsp3) is 0.750. The van der Waals surface area contributed by atoms with Crippen LogP contribution in [0.15, 0.2) is 12.2 Å². The molecule has 1 aliphatic heterocycles. The summed E-state index contributed by atoms with van der Waals surface area (Å²) in [6.45, 7) is 11.0. The number of cyclic esters (lactones) is 2. The third-order valence-corrected chi connectivity index (χ3v) is 5.43. The van der Waals surface area contributed by atoms with Crippen LogP contribution >= 0.6 is 0 Å². The van der Waals surface area contributed by atoms with Crippen LogP contribution in [0.25, 0.3) is 0 Å². The summed E-state index contributed by atoms with van der Waals surface area (Å²) >= 11 is 0. The maximum atomic E-state index is 11.5. The molecule has 0 aromatic rings. The van der Waals surface area contributed by atoms with Gasteiger partial charge < -0.3 is 4.74 Å². The fourth-order valence-corrected chi connectivity index (χ4v) is 3.66. The van der Waals surface area contributed by atoms with Crippen LogP contribution in [0.2, 0.25) is 0 Å². The Kier molecular flexibility index (Phi) is 3.59. The quantitative estimate of drug-likeness (QED) is 0.432. The van der Waals surface area contributed by atoms with Gasteiger partial charge in [-0.1, -0.05) is 32.9 Å². The minimum atomic E-state index is -0.392. The maximum Gasteiger partial charge on any atom is 0.317 e. The SMILES string of the molecule is C=C(CC1CC(=O)OC1=O)CC1(CC)CCC1(C)C. The molecule has 0 spiro atoms. The molecule has 3 nitrogen and oxygen atoms in total. The van der Waals surface area contributed by atoms with Crippen LogP contribution < -0.4 is 0 Å². The van der Waals surface area contributed by atoms with E-state index in [9.17, 15) is 9.59 Å². The Morgan fingerprint density at radius 2 is 2.05 bits per heavy atom. The monoisotopic (exact) mass is 264 g/mol. The number of ether oxygens (including phenoxy) is 1. The fourth-order valence-electron chi connectivity index (χ4n) is 3.66.